The lowest BCUT2D eigenvalue weighted by Gasteiger charge is -2.06. The highest BCUT2D eigenvalue weighted by Crippen LogP contribution is 2.36. The number of nitrogens with two attached hydrogens (primary N) is 1. The van der Waals surface area contributed by atoms with Crippen molar-refractivity contribution in [3.8, 4) is 22.5 Å². The van der Waals surface area contributed by atoms with Crippen molar-refractivity contribution < 1.29 is 4.39 Å². The van der Waals surface area contributed by atoms with E-state index in [1.54, 1.807) is 24.7 Å². The Morgan fingerprint density at radius 3 is 2.69 bits per heavy atom. The molecule has 0 atom stereocenters. The number of fused-ring (bicyclic) bond motifs is 2. The standard InChI is InChI=1S/C18H12FN7/c19-9-3-4-14-11(6-9)13(7-22-14)16-15(24-18(20)26-25-16)12-8-23-17-10(12)2-1-5-21-17/h1-8,22H,(H,21,23)(H2,20,24,26). The van der Waals surface area contributed by atoms with Crippen LogP contribution in [0, 0.1) is 5.82 Å². The van der Waals surface area contributed by atoms with Gasteiger partial charge in [-0.2, -0.15) is 0 Å². The normalized spacial score (nSPS) is 11.4. The van der Waals surface area contributed by atoms with Gasteiger partial charge in [0.1, 0.15) is 22.9 Å². The van der Waals surface area contributed by atoms with Crippen LogP contribution < -0.4 is 5.73 Å². The lowest BCUT2D eigenvalue weighted by molar-refractivity contribution is 0.630. The zero-order valence-corrected chi connectivity index (χ0v) is 13.4. The molecule has 0 saturated heterocycles. The number of hydrogen-bond donors (Lipinski definition) is 3. The molecule has 0 spiro atoms. The molecule has 0 unspecified atom stereocenters. The number of anilines is 1. The number of aromatic nitrogens is 6. The van der Waals surface area contributed by atoms with Crippen molar-refractivity contribution >= 4 is 27.9 Å². The quantitative estimate of drug-likeness (QED) is 0.455. The van der Waals surface area contributed by atoms with Gasteiger partial charge in [0, 0.05) is 46.0 Å². The highest BCUT2D eigenvalue weighted by Gasteiger charge is 2.19. The van der Waals surface area contributed by atoms with Crippen molar-refractivity contribution in [1.82, 2.24) is 30.1 Å². The first-order chi connectivity index (χ1) is 12.7. The molecule has 4 aromatic heterocycles. The predicted octanol–water partition coefficient (Wildman–Crippen LogP) is 3.28. The van der Waals surface area contributed by atoms with Crippen LogP contribution in [0.2, 0.25) is 0 Å². The number of aromatic amines is 2. The summed E-state index contributed by atoms with van der Waals surface area (Å²) in [7, 11) is 0. The van der Waals surface area contributed by atoms with Crippen LogP contribution in [0.1, 0.15) is 0 Å². The summed E-state index contributed by atoms with van der Waals surface area (Å²) in [6.07, 6.45) is 5.28. The second kappa shape index (κ2) is 5.35. The van der Waals surface area contributed by atoms with E-state index in [2.05, 4.69) is 30.1 Å². The Balaban J connectivity index is 1.82. The van der Waals surface area contributed by atoms with Crippen LogP contribution in [-0.2, 0) is 0 Å². The van der Waals surface area contributed by atoms with Crippen molar-refractivity contribution in [2.45, 2.75) is 0 Å². The summed E-state index contributed by atoms with van der Waals surface area (Å²) < 4.78 is 13.8. The molecular weight excluding hydrogens is 333 g/mol. The molecule has 0 aliphatic heterocycles. The average molecular weight is 345 g/mol. The number of nitrogens with one attached hydrogen (secondary N) is 2. The molecular formula is C18H12FN7. The monoisotopic (exact) mass is 345 g/mol. The molecule has 5 rings (SSSR count). The lowest BCUT2D eigenvalue weighted by Crippen LogP contribution is -2.02. The molecule has 0 radical (unpaired) electrons. The Morgan fingerprint density at radius 2 is 1.77 bits per heavy atom. The topological polar surface area (TPSA) is 109 Å². The number of rotatable bonds is 2. The molecule has 7 nitrogen and oxygen atoms in total. The second-order valence-electron chi connectivity index (χ2n) is 5.86. The first kappa shape index (κ1) is 14.5. The second-order valence-corrected chi connectivity index (χ2v) is 5.86. The first-order valence-corrected chi connectivity index (χ1v) is 7.90. The minimum Gasteiger partial charge on any atom is -0.366 e. The van der Waals surface area contributed by atoms with Crippen LogP contribution in [-0.4, -0.2) is 30.1 Å². The summed E-state index contributed by atoms with van der Waals surface area (Å²) in [4.78, 5) is 14.9. The maximum absolute atomic E-state index is 13.8. The van der Waals surface area contributed by atoms with Crippen LogP contribution in [0.4, 0.5) is 10.3 Å². The molecule has 8 heteroatoms. The summed E-state index contributed by atoms with van der Waals surface area (Å²) >= 11 is 0. The van der Waals surface area contributed by atoms with Crippen molar-refractivity contribution in [1.29, 1.82) is 0 Å². The summed E-state index contributed by atoms with van der Waals surface area (Å²) in [5.74, 6) is -0.263. The number of H-pyrrole nitrogens is 2. The van der Waals surface area contributed by atoms with E-state index in [4.69, 9.17) is 5.73 Å². The summed E-state index contributed by atoms with van der Waals surface area (Å²) in [5.41, 5.74) is 9.89. The van der Waals surface area contributed by atoms with E-state index in [9.17, 15) is 4.39 Å². The van der Waals surface area contributed by atoms with Gasteiger partial charge >= 0.3 is 0 Å². The Morgan fingerprint density at radius 1 is 0.923 bits per heavy atom. The van der Waals surface area contributed by atoms with Gasteiger partial charge in [-0.25, -0.2) is 14.4 Å². The first-order valence-electron chi connectivity index (χ1n) is 7.90. The molecule has 4 heterocycles. The Kier molecular flexibility index (Phi) is 2.99. The Labute approximate surface area is 146 Å². The number of halogens is 1. The smallest absolute Gasteiger partial charge is 0.240 e. The van der Waals surface area contributed by atoms with E-state index in [-0.39, 0.29) is 11.8 Å². The number of nitrogens with zero attached hydrogens (tertiary/aromatic N) is 4. The van der Waals surface area contributed by atoms with Gasteiger partial charge in [-0.1, -0.05) is 0 Å². The molecule has 0 amide bonds. The summed E-state index contributed by atoms with van der Waals surface area (Å²) in [6, 6.07) is 8.33. The Bertz CT molecular complexity index is 1270. The third-order valence-electron chi connectivity index (χ3n) is 4.31. The van der Waals surface area contributed by atoms with Crippen LogP contribution in [0.5, 0.6) is 0 Å². The van der Waals surface area contributed by atoms with E-state index in [1.165, 1.54) is 12.1 Å². The molecule has 1 aromatic carbocycles. The molecule has 0 aliphatic rings. The van der Waals surface area contributed by atoms with Gasteiger partial charge in [0.25, 0.3) is 0 Å². The van der Waals surface area contributed by atoms with Crippen LogP contribution in [0.25, 0.3) is 44.5 Å². The molecule has 5 aromatic rings. The molecule has 4 N–H and O–H groups in total. The summed E-state index contributed by atoms with van der Waals surface area (Å²) in [5, 5.41) is 9.73. The van der Waals surface area contributed by atoms with Gasteiger partial charge in [-0.05, 0) is 30.3 Å². The van der Waals surface area contributed by atoms with E-state index in [0.717, 1.165) is 22.1 Å². The van der Waals surface area contributed by atoms with Crippen molar-refractivity contribution in [2.75, 3.05) is 5.73 Å². The molecule has 126 valence electrons. The van der Waals surface area contributed by atoms with Gasteiger partial charge in [0.05, 0.1) is 0 Å². The molecule has 0 fully saturated rings. The van der Waals surface area contributed by atoms with Gasteiger partial charge < -0.3 is 15.7 Å². The number of benzene rings is 1. The Hall–Kier alpha value is -3.81. The number of hydrogen-bond acceptors (Lipinski definition) is 5. The third kappa shape index (κ3) is 2.12. The molecule has 0 bridgehead atoms. The van der Waals surface area contributed by atoms with E-state index >= 15 is 0 Å². The predicted molar refractivity (Wildman–Crippen MR) is 96.6 cm³/mol. The highest BCUT2D eigenvalue weighted by atomic mass is 19.1. The largest absolute Gasteiger partial charge is 0.366 e. The lowest BCUT2D eigenvalue weighted by atomic mass is 10.0. The van der Waals surface area contributed by atoms with E-state index < -0.39 is 0 Å². The maximum atomic E-state index is 13.8. The van der Waals surface area contributed by atoms with Crippen molar-refractivity contribution in [3.63, 3.8) is 0 Å². The minimum absolute atomic E-state index is 0.0630. The van der Waals surface area contributed by atoms with Gasteiger partial charge in [0.15, 0.2) is 0 Å². The van der Waals surface area contributed by atoms with E-state index in [1.807, 2.05) is 12.1 Å². The number of pyridine rings is 1. The van der Waals surface area contributed by atoms with Crippen LogP contribution in [0.15, 0.2) is 48.9 Å². The fourth-order valence-corrected chi connectivity index (χ4v) is 3.15. The fourth-order valence-electron chi connectivity index (χ4n) is 3.15. The fraction of sp³-hybridized carbons (Fsp3) is 0. The van der Waals surface area contributed by atoms with Crippen LogP contribution in [0.3, 0.4) is 0 Å². The molecule has 0 aliphatic carbocycles. The summed E-state index contributed by atoms with van der Waals surface area (Å²) in [6.45, 7) is 0. The molecule has 0 saturated carbocycles. The van der Waals surface area contributed by atoms with Gasteiger partial charge in [-0.15, -0.1) is 10.2 Å². The third-order valence-corrected chi connectivity index (χ3v) is 4.31. The zero-order chi connectivity index (χ0) is 17.7. The highest BCUT2D eigenvalue weighted by molar-refractivity contribution is 6.01. The average Bonchev–Trinajstić information content (AvgIpc) is 3.25. The van der Waals surface area contributed by atoms with Crippen molar-refractivity contribution in [2.24, 2.45) is 0 Å². The maximum Gasteiger partial charge on any atom is 0.240 e. The minimum atomic E-state index is -0.326. The zero-order valence-electron chi connectivity index (χ0n) is 13.4. The number of nitrogen functional groups attached to an aromatic ring is 1. The van der Waals surface area contributed by atoms with Gasteiger partial charge in [0.2, 0.25) is 5.95 Å². The SMILES string of the molecule is Nc1nnc(-c2c[nH]c3ccc(F)cc23)c(-c2c[nH]c3ncccc23)n1. The van der Waals surface area contributed by atoms with Crippen LogP contribution >= 0.6 is 0 Å². The van der Waals surface area contributed by atoms with E-state index in [0.29, 0.717) is 22.3 Å². The van der Waals surface area contributed by atoms with Gasteiger partial charge in [-0.3, -0.25) is 0 Å². The molecule has 26 heavy (non-hydrogen) atoms. The van der Waals surface area contributed by atoms with Crippen molar-refractivity contribution in [3.05, 3.63) is 54.7 Å².